The van der Waals surface area contributed by atoms with Crippen molar-refractivity contribution < 1.29 is 22.8 Å². The minimum Gasteiger partial charge on any atom is -0.484 e. The summed E-state index contributed by atoms with van der Waals surface area (Å²) in [5.74, 6) is -0.294. The number of nitro groups is 1. The number of nitro benzene ring substituents is 1. The third-order valence-electron chi connectivity index (χ3n) is 2.13. The van der Waals surface area contributed by atoms with Crippen LogP contribution in [-0.2, 0) is 13.8 Å². The van der Waals surface area contributed by atoms with Crippen LogP contribution >= 0.6 is 38.2 Å². The van der Waals surface area contributed by atoms with Crippen LogP contribution in [0.3, 0.4) is 0 Å². The van der Waals surface area contributed by atoms with Crippen molar-refractivity contribution in [2.45, 2.75) is 0 Å². The molecule has 0 aliphatic rings. The van der Waals surface area contributed by atoms with E-state index in [1.807, 2.05) is 0 Å². The first-order chi connectivity index (χ1) is 9.70. The van der Waals surface area contributed by atoms with E-state index in [2.05, 4.69) is 15.9 Å². The first-order valence-electron chi connectivity index (χ1n) is 5.47. The SMILES string of the molecule is O=[N+]([O-])c1cc(Cl)cc(Br)c1OCCOCCS(=O)(=O)Cl. The molecular formula is C10H10BrCl2NO6S. The molecule has 1 rings (SSSR count). The third-order valence-corrected chi connectivity index (χ3v) is 4.06. The Hall–Kier alpha value is -0.610. The molecule has 11 heteroatoms. The highest BCUT2D eigenvalue weighted by Crippen LogP contribution is 2.37. The quantitative estimate of drug-likeness (QED) is 0.276. The number of ether oxygens (including phenoxy) is 2. The van der Waals surface area contributed by atoms with Crippen LogP contribution in [0.15, 0.2) is 16.6 Å². The molecule has 0 radical (unpaired) electrons. The van der Waals surface area contributed by atoms with Gasteiger partial charge in [-0.1, -0.05) is 11.6 Å². The van der Waals surface area contributed by atoms with Gasteiger partial charge in [-0.2, -0.15) is 0 Å². The minimum absolute atomic E-state index is 0.00338. The van der Waals surface area contributed by atoms with E-state index < -0.39 is 14.0 Å². The summed E-state index contributed by atoms with van der Waals surface area (Å²) >= 11 is 8.85. The van der Waals surface area contributed by atoms with E-state index in [-0.39, 0.29) is 42.0 Å². The van der Waals surface area contributed by atoms with Crippen LogP contribution < -0.4 is 4.74 Å². The molecule has 0 spiro atoms. The van der Waals surface area contributed by atoms with Gasteiger partial charge in [0.25, 0.3) is 0 Å². The molecule has 0 saturated heterocycles. The summed E-state index contributed by atoms with van der Waals surface area (Å²) in [6.07, 6.45) is 0. The molecule has 0 fully saturated rings. The molecule has 0 aliphatic heterocycles. The van der Waals surface area contributed by atoms with Gasteiger partial charge in [-0.3, -0.25) is 10.1 Å². The molecular weight excluding hydrogens is 413 g/mol. The lowest BCUT2D eigenvalue weighted by Crippen LogP contribution is -2.12. The van der Waals surface area contributed by atoms with Crippen molar-refractivity contribution in [2.75, 3.05) is 25.6 Å². The summed E-state index contributed by atoms with van der Waals surface area (Å²) in [5, 5.41) is 11.1. The zero-order valence-corrected chi connectivity index (χ0v) is 14.3. The standard InChI is InChI=1S/C10H10BrCl2NO6S/c11-8-5-7(12)6-9(14(15)16)10(8)20-2-1-19-3-4-21(13,17)18/h5-6H,1-4H2. The van der Waals surface area contributed by atoms with Crippen molar-refractivity contribution in [1.82, 2.24) is 0 Å². The smallest absolute Gasteiger partial charge is 0.313 e. The van der Waals surface area contributed by atoms with Gasteiger partial charge in [-0.15, -0.1) is 0 Å². The predicted octanol–water partition coefficient (Wildman–Crippen LogP) is 2.97. The summed E-state index contributed by atoms with van der Waals surface area (Å²) < 4.78 is 31.9. The maximum absolute atomic E-state index is 10.9. The Kier molecular flexibility index (Phi) is 7.14. The zero-order chi connectivity index (χ0) is 16.0. The van der Waals surface area contributed by atoms with E-state index in [1.54, 1.807) is 0 Å². The maximum atomic E-state index is 10.9. The number of halogens is 3. The maximum Gasteiger partial charge on any atom is 0.313 e. The van der Waals surface area contributed by atoms with Crippen LogP contribution in [-0.4, -0.2) is 38.9 Å². The Bertz CT molecular complexity index is 624. The molecule has 1 aromatic carbocycles. The topological polar surface area (TPSA) is 95.7 Å². The van der Waals surface area contributed by atoms with E-state index in [9.17, 15) is 18.5 Å². The number of rotatable bonds is 8. The van der Waals surface area contributed by atoms with Crippen molar-refractivity contribution in [3.63, 3.8) is 0 Å². The van der Waals surface area contributed by atoms with Crippen molar-refractivity contribution in [1.29, 1.82) is 0 Å². The van der Waals surface area contributed by atoms with Crippen molar-refractivity contribution >= 4 is 53.0 Å². The minimum atomic E-state index is -3.60. The number of benzene rings is 1. The van der Waals surface area contributed by atoms with Crippen LogP contribution in [0.2, 0.25) is 5.02 Å². The van der Waals surface area contributed by atoms with E-state index in [0.717, 1.165) is 0 Å². The average molecular weight is 423 g/mol. The molecule has 0 atom stereocenters. The first-order valence-corrected chi connectivity index (χ1v) is 9.12. The summed E-state index contributed by atoms with van der Waals surface area (Å²) in [5.41, 5.74) is -0.280. The van der Waals surface area contributed by atoms with E-state index in [0.29, 0.717) is 4.47 Å². The molecule has 0 bridgehead atoms. The molecule has 21 heavy (non-hydrogen) atoms. The highest BCUT2D eigenvalue weighted by molar-refractivity contribution is 9.10. The Morgan fingerprint density at radius 3 is 2.52 bits per heavy atom. The van der Waals surface area contributed by atoms with Crippen molar-refractivity contribution in [2.24, 2.45) is 0 Å². The Balaban J connectivity index is 2.54. The van der Waals surface area contributed by atoms with E-state index in [1.165, 1.54) is 12.1 Å². The normalized spacial score (nSPS) is 11.4. The third kappa shape index (κ3) is 6.79. The Morgan fingerprint density at radius 2 is 1.95 bits per heavy atom. The number of hydrogen-bond donors (Lipinski definition) is 0. The van der Waals surface area contributed by atoms with Gasteiger partial charge in [0, 0.05) is 21.8 Å². The molecule has 0 aromatic heterocycles. The molecule has 1 aromatic rings. The molecule has 0 saturated carbocycles. The molecule has 0 amide bonds. The van der Waals surface area contributed by atoms with Crippen LogP contribution in [0.5, 0.6) is 5.75 Å². The number of nitrogens with zero attached hydrogens (tertiary/aromatic N) is 1. The predicted molar refractivity (Wildman–Crippen MR) is 81.8 cm³/mol. The van der Waals surface area contributed by atoms with Gasteiger partial charge >= 0.3 is 5.69 Å². The van der Waals surface area contributed by atoms with Crippen LogP contribution in [0.25, 0.3) is 0 Å². The zero-order valence-electron chi connectivity index (χ0n) is 10.4. The number of hydrogen-bond acceptors (Lipinski definition) is 6. The second-order valence-electron chi connectivity index (χ2n) is 3.70. The summed E-state index contributed by atoms with van der Waals surface area (Å²) in [7, 11) is 1.40. The summed E-state index contributed by atoms with van der Waals surface area (Å²) in [6.45, 7) is -0.0267. The van der Waals surface area contributed by atoms with Crippen molar-refractivity contribution in [3.05, 3.63) is 31.7 Å². The summed E-state index contributed by atoms with van der Waals surface area (Å²) in [4.78, 5) is 10.3. The molecule has 0 unspecified atom stereocenters. The highest BCUT2D eigenvalue weighted by atomic mass is 79.9. The Morgan fingerprint density at radius 1 is 1.29 bits per heavy atom. The van der Waals surface area contributed by atoms with Crippen LogP contribution in [0, 0.1) is 10.1 Å². The fourth-order valence-electron chi connectivity index (χ4n) is 1.29. The van der Waals surface area contributed by atoms with Gasteiger partial charge in [0.2, 0.25) is 14.8 Å². The lowest BCUT2D eigenvalue weighted by Gasteiger charge is -2.09. The monoisotopic (exact) mass is 421 g/mol. The molecule has 0 N–H and O–H groups in total. The second kappa shape index (κ2) is 8.14. The Labute approximate surface area is 138 Å². The van der Waals surface area contributed by atoms with Gasteiger partial charge in [-0.25, -0.2) is 8.42 Å². The van der Waals surface area contributed by atoms with Crippen LogP contribution in [0.4, 0.5) is 5.69 Å². The van der Waals surface area contributed by atoms with E-state index in [4.69, 9.17) is 31.8 Å². The van der Waals surface area contributed by atoms with E-state index >= 15 is 0 Å². The largest absolute Gasteiger partial charge is 0.484 e. The lowest BCUT2D eigenvalue weighted by molar-refractivity contribution is -0.386. The van der Waals surface area contributed by atoms with Gasteiger partial charge in [-0.05, 0) is 22.0 Å². The summed E-state index contributed by atoms with van der Waals surface area (Å²) in [6, 6.07) is 2.63. The highest BCUT2D eigenvalue weighted by Gasteiger charge is 2.19. The molecule has 118 valence electrons. The fourth-order valence-corrected chi connectivity index (χ4v) is 2.70. The average Bonchev–Trinajstić information content (AvgIpc) is 2.33. The van der Waals surface area contributed by atoms with Gasteiger partial charge in [0.1, 0.15) is 6.61 Å². The first kappa shape index (κ1) is 18.4. The molecule has 0 aliphatic carbocycles. The van der Waals surface area contributed by atoms with Gasteiger partial charge < -0.3 is 9.47 Å². The van der Waals surface area contributed by atoms with Crippen LogP contribution in [0.1, 0.15) is 0 Å². The molecule has 7 nitrogen and oxygen atoms in total. The molecule has 0 heterocycles. The van der Waals surface area contributed by atoms with Gasteiger partial charge in [0.15, 0.2) is 0 Å². The lowest BCUT2D eigenvalue weighted by atomic mass is 10.3. The van der Waals surface area contributed by atoms with Gasteiger partial charge in [0.05, 0.1) is 28.4 Å². The fraction of sp³-hybridized carbons (Fsp3) is 0.400. The van der Waals surface area contributed by atoms with Crippen molar-refractivity contribution in [3.8, 4) is 5.75 Å². The second-order valence-corrected chi connectivity index (χ2v) is 7.88.